The minimum atomic E-state index is -4.25. The van der Waals surface area contributed by atoms with Gasteiger partial charge in [-0.1, -0.05) is 103 Å². The summed E-state index contributed by atoms with van der Waals surface area (Å²) in [5.41, 5.74) is 2.63. The summed E-state index contributed by atoms with van der Waals surface area (Å²) in [5.74, 6) is -0.432. The number of methoxy groups -OCH3 is 1. The van der Waals surface area contributed by atoms with Gasteiger partial charge >= 0.3 is 0 Å². The van der Waals surface area contributed by atoms with Crippen molar-refractivity contribution in [2.24, 2.45) is 0 Å². The molecule has 4 aromatic carbocycles. The lowest BCUT2D eigenvalue weighted by Crippen LogP contribution is -2.55. The van der Waals surface area contributed by atoms with E-state index in [1.54, 1.807) is 54.6 Å². The van der Waals surface area contributed by atoms with E-state index in [4.69, 9.17) is 27.9 Å². The van der Waals surface area contributed by atoms with Gasteiger partial charge in [0.25, 0.3) is 10.0 Å². The van der Waals surface area contributed by atoms with Crippen LogP contribution in [0.1, 0.15) is 48.8 Å². The molecule has 0 spiro atoms. The summed E-state index contributed by atoms with van der Waals surface area (Å²) in [7, 11) is -2.76. The normalized spacial score (nSPS) is 14.1. The van der Waals surface area contributed by atoms with Crippen molar-refractivity contribution in [3.63, 3.8) is 0 Å². The summed E-state index contributed by atoms with van der Waals surface area (Å²) < 4.78 is 35.1. The molecule has 1 atom stereocenters. The molecule has 0 heterocycles. The van der Waals surface area contributed by atoms with Crippen LogP contribution in [0.2, 0.25) is 10.0 Å². The standard InChI is InChI=1S/C38H41Cl2N3O5S/c1-27-16-19-33(20-17-27)49(46,47)43(31-14-9-15-32(24-31)48-2)26-37(44)42(25-29-18-21-34(39)35(40)22-29)36(23-28-10-5-3-6-11-28)38(45)41-30-12-7-4-8-13-30/h3,5-6,9-11,14-22,24,30,36H,4,7-8,12-13,23,25-26H2,1-2H3,(H,41,45). The smallest absolute Gasteiger partial charge is 0.264 e. The Kier molecular flexibility index (Phi) is 12.3. The Morgan fingerprint density at radius 1 is 0.857 bits per heavy atom. The quantitative estimate of drug-likeness (QED) is 0.154. The molecular weight excluding hydrogens is 681 g/mol. The highest BCUT2D eigenvalue weighted by atomic mass is 35.5. The molecule has 49 heavy (non-hydrogen) atoms. The van der Waals surface area contributed by atoms with E-state index >= 15 is 0 Å². The zero-order valence-corrected chi connectivity index (χ0v) is 30.0. The summed E-state index contributed by atoms with van der Waals surface area (Å²) in [6.07, 6.45) is 5.11. The number of nitrogens with zero attached hydrogens (tertiary/aromatic N) is 2. The van der Waals surface area contributed by atoms with Crippen molar-refractivity contribution in [2.75, 3.05) is 18.0 Å². The van der Waals surface area contributed by atoms with Crippen LogP contribution in [-0.4, -0.2) is 50.9 Å². The van der Waals surface area contributed by atoms with E-state index in [2.05, 4.69) is 5.32 Å². The van der Waals surface area contributed by atoms with Crippen molar-refractivity contribution in [3.8, 4) is 5.75 Å². The number of halogens is 2. The van der Waals surface area contributed by atoms with Gasteiger partial charge in [0.2, 0.25) is 11.8 Å². The van der Waals surface area contributed by atoms with Crippen LogP contribution in [-0.2, 0) is 32.6 Å². The highest BCUT2D eigenvalue weighted by Crippen LogP contribution is 2.29. The first-order valence-electron chi connectivity index (χ1n) is 16.4. The van der Waals surface area contributed by atoms with Crippen molar-refractivity contribution in [2.45, 2.75) is 69.0 Å². The number of amides is 2. The Morgan fingerprint density at radius 2 is 1.57 bits per heavy atom. The molecule has 0 aromatic heterocycles. The maximum atomic E-state index is 14.7. The van der Waals surface area contributed by atoms with Gasteiger partial charge in [-0.25, -0.2) is 8.42 Å². The van der Waals surface area contributed by atoms with Gasteiger partial charge in [0.15, 0.2) is 0 Å². The summed E-state index contributed by atoms with van der Waals surface area (Å²) in [6.45, 7) is 1.28. The Bertz CT molecular complexity index is 1850. The number of aryl methyl sites for hydroxylation is 1. The van der Waals surface area contributed by atoms with Crippen molar-refractivity contribution < 1.29 is 22.7 Å². The molecule has 11 heteroatoms. The van der Waals surface area contributed by atoms with Crippen LogP contribution in [0.4, 0.5) is 5.69 Å². The Hall–Kier alpha value is -4.05. The number of hydrogen-bond donors (Lipinski definition) is 1. The third-order valence-corrected chi connectivity index (χ3v) is 11.3. The number of anilines is 1. The van der Waals surface area contributed by atoms with Crippen molar-refractivity contribution in [3.05, 3.63) is 124 Å². The van der Waals surface area contributed by atoms with Crippen LogP contribution in [0.15, 0.2) is 102 Å². The molecule has 0 aliphatic heterocycles. The fourth-order valence-electron chi connectivity index (χ4n) is 6.06. The third-order valence-electron chi connectivity index (χ3n) is 8.79. The first kappa shape index (κ1) is 36.2. The van der Waals surface area contributed by atoms with Gasteiger partial charge in [0, 0.05) is 25.1 Å². The second kappa shape index (κ2) is 16.6. The van der Waals surface area contributed by atoms with Crippen LogP contribution in [0, 0.1) is 6.92 Å². The van der Waals surface area contributed by atoms with E-state index in [1.807, 2.05) is 37.3 Å². The largest absolute Gasteiger partial charge is 0.497 e. The fraction of sp³-hybridized carbons (Fsp3) is 0.316. The van der Waals surface area contributed by atoms with Crippen LogP contribution >= 0.6 is 23.2 Å². The van der Waals surface area contributed by atoms with Gasteiger partial charge in [-0.05, 0) is 67.3 Å². The molecular formula is C38H41Cl2N3O5S. The van der Waals surface area contributed by atoms with E-state index < -0.39 is 28.5 Å². The number of ether oxygens (including phenoxy) is 1. The van der Waals surface area contributed by atoms with Crippen LogP contribution in [0.5, 0.6) is 5.75 Å². The van der Waals surface area contributed by atoms with E-state index in [0.717, 1.165) is 47.5 Å². The molecule has 258 valence electrons. The number of nitrogens with one attached hydrogen (secondary N) is 1. The molecule has 8 nitrogen and oxygen atoms in total. The number of rotatable bonds is 13. The van der Waals surface area contributed by atoms with Gasteiger partial charge in [-0.2, -0.15) is 0 Å². The number of carbonyl (C=O) groups is 2. The van der Waals surface area contributed by atoms with Crippen LogP contribution in [0.3, 0.4) is 0 Å². The monoisotopic (exact) mass is 721 g/mol. The topological polar surface area (TPSA) is 96.0 Å². The number of carbonyl (C=O) groups excluding carboxylic acids is 2. The molecule has 0 saturated heterocycles. The highest BCUT2D eigenvalue weighted by molar-refractivity contribution is 7.92. The summed E-state index contributed by atoms with van der Waals surface area (Å²) >= 11 is 12.6. The van der Waals surface area contributed by atoms with Gasteiger partial charge in [-0.3, -0.25) is 13.9 Å². The Labute approximate surface area is 299 Å². The SMILES string of the molecule is COc1cccc(N(CC(=O)N(Cc2ccc(Cl)c(Cl)c2)C(Cc2ccccc2)C(=O)NC2CCCCC2)S(=O)(=O)c2ccc(C)cc2)c1. The predicted octanol–water partition coefficient (Wildman–Crippen LogP) is 7.59. The number of hydrogen-bond acceptors (Lipinski definition) is 5. The zero-order chi connectivity index (χ0) is 35.0. The average molecular weight is 723 g/mol. The van der Waals surface area contributed by atoms with E-state index in [0.29, 0.717) is 21.4 Å². The average Bonchev–Trinajstić information content (AvgIpc) is 3.11. The summed E-state index contributed by atoms with van der Waals surface area (Å²) in [4.78, 5) is 30.5. The molecule has 1 N–H and O–H groups in total. The van der Waals surface area contributed by atoms with E-state index in [9.17, 15) is 18.0 Å². The van der Waals surface area contributed by atoms with Crippen LogP contribution in [0.25, 0.3) is 0 Å². The minimum Gasteiger partial charge on any atom is -0.497 e. The number of sulfonamides is 1. The van der Waals surface area contributed by atoms with Crippen LogP contribution < -0.4 is 14.4 Å². The molecule has 0 bridgehead atoms. The van der Waals surface area contributed by atoms with Gasteiger partial charge in [-0.15, -0.1) is 0 Å². The zero-order valence-electron chi connectivity index (χ0n) is 27.6. The minimum absolute atomic E-state index is 0.00310. The molecule has 1 aliphatic carbocycles. The molecule has 5 rings (SSSR count). The predicted molar refractivity (Wildman–Crippen MR) is 195 cm³/mol. The molecule has 1 fully saturated rings. The lowest BCUT2D eigenvalue weighted by atomic mass is 9.94. The van der Waals surface area contributed by atoms with Crippen molar-refractivity contribution in [1.82, 2.24) is 10.2 Å². The third kappa shape index (κ3) is 9.35. The second-order valence-electron chi connectivity index (χ2n) is 12.3. The summed E-state index contributed by atoms with van der Waals surface area (Å²) in [5, 5.41) is 3.87. The molecule has 1 aliphatic rings. The van der Waals surface area contributed by atoms with Gasteiger partial charge in [0.05, 0.1) is 27.7 Å². The molecule has 0 radical (unpaired) electrons. The molecule has 2 amide bonds. The van der Waals surface area contributed by atoms with Crippen molar-refractivity contribution >= 4 is 50.7 Å². The first-order chi connectivity index (χ1) is 23.5. The number of benzene rings is 4. The summed E-state index contributed by atoms with van der Waals surface area (Å²) in [6, 6.07) is 26.6. The highest BCUT2D eigenvalue weighted by Gasteiger charge is 2.35. The molecule has 1 unspecified atom stereocenters. The van der Waals surface area contributed by atoms with Gasteiger partial charge < -0.3 is 15.0 Å². The van der Waals surface area contributed by atoms with Gasteiger partial charge in [0.1, 0.15) is 18.3 Å². The first-order valence-corrected chi connectivity index (χ1v) is 18.6. The lowest BCUT2D eigenvalue weighted by Gasteiger charge is -2.35. The second-order valence-corrected chi connectivity index (χ2v) is 15.0. The maximum absolute atomic E-state index is 14.7. The molecule has 4 aromatic rings. The maximum Gasteiger partial charge on any atom is 0.264 e. The Morgan fingerprint density at radius 3 is 2.24 bits per heavy atom. The fourth-order valence-corrected chi connectivity index (χ4v) is 7.79. The lowest BCUT2D eigenvalue weighted by molar-refractivity contribution is -0.140. The van der Waals surface area contributed by atoms with E-state index in [1.165, 1.54) is 24.1 Å². The van der Waals surface area contributed by atoms with Crippen molar-refractivity contribution in [1.29, 1.82) is 0 Å². The van der Waals surface area contributed by atoms with E-state index in [-0.39, 0.29) is 35.5 Å². The molecule has 1 saturated carbocycles. The Balaban J connectivity index is 1.58.